The van der Waals surface area contributed by atoms with Gasteiger partial charge in [0.25, 0.3) is 0 Å². The van der Waals surface area contributed by atoms with Crippen molar-refractivity contribution in [2.24, 2.45) is 0 Å². The van der Waals surface area contributed by atoms with Crippen molar-refractivity contribution in [1.82, 2.24) is 4.90 Å². The van der Waals surface area contributed by atoms with Gasteiger partial charge in [-0.25, -0.2) is 0 Å². The van der Waals surface area contributed by atoms with Crippen molar-refractivity contribution in [2.75, 3.05) is 18.4 Å². The molecule has 0 saturated carbocycles. The number of carbonyl (C=O) groups excluding carboxylic acids is 2. The summed E-state index contributed by atoms with van der Waals surface area (Å²) in [6, 6.07) is 5.30. The maximum absolute atomic E-state index is 12.0. The topological polar surface area (TPSA) is 69.6 Å². The predicted molar refractivity (Wildman–Crippen MR) is 85.9 cm³/mol. The molecule has 22 heavy (non-hydrogen) atoms. The van der Waals surface area contributed by atoms with E-state index in [1.807, 2.05) is 13.0 Å². The summed E-state index contributed by atoms with van der Waals surface area (Å²) in [4.78, 5) is 25.7. The Balaban J connectivity index is 1.80. The Labute approximate surface area is 135 Å². The Morgan fingerprint density at radius 3 is 2.68 bits per heavy atom. The molecule has 120 valence electrons. The molecule has 2 N–H and O–H groups in total. The second kappa shape index (κ2) is 7.61. The number of rotatable bonds is 4. The van der Waals surface area contributed by atoms with Crippen molar-refractivity contribution < 1.29 is 14.7 Å². The minimum Gasteiger partial charge on any atom is -0.393 e. The number of hydrogen-bond acceptors (Lipinski definition) is 3. The molecule has 1 aromatic rings. The Morgan fingerprint density at radius 2 is 2.00 bits per heavy atom. The predicted octanol–water partition coefficient (Wildman–Crippen LogP) is 2.35. The normalized spacial score (nSPS) is 15.7. The van der Waals surface area contributed by atoms with E-state index in [1.165, 1.54) is 0 Å². The van der Waals surface area contributed by atoms with Crippen LogP contribution in [0.2, 0.25) is 5.02 Å². The van der Waals surface area contributed by atoms with Crippen LogP contribution in [0.5, 0.6) is 0 Å². The van der Waals surface area contributed by atoms with E-state index in [-0.39, 0.29) is 30.8 Å². The van der Waals surface area contributed by atoms with E-state index in [2.05, 4.69) is 5.32 Å². The van der Waals surface area contributed by atoms with Crippen LogP contribution in [0, 0.1) is 6.92 Å². The van der Waals surface area contributed by atoms with Crippen LogP contribution >= 0.6 is 11.6 Å². The number of aryl methyl sites for hydroxylation is 1. The van der Waals surface area contributed by atoms with E-state index in [9.17, 15) is 14.7 Å². The van der Waals surface area contributed by atoms with Crippen LogP contribution in [0.15, 0.2) is 18.2 Å². The summed E-state index contributed by atoms with van der Waals surface area (Å²) < 4.78 is 0. The van der Waals surface area contributed by atoms with Gasteiger partial charge >= 0.3 is 0 Å². The quantitative estimate of drug-likeness (QED) is 0.893. The number of halogens is 1. The smallest absolute Gasteiger partial charge is 0.224 e. The van der Waals surface area contributed by atoms with Gasteiger partial charge in [-0.3, -0.25) is 9.59 Å². The zero-order chi connectivity index (χ0) is 16.1. The largest absolute Gasteiger partial charge is 0.393 e. The van der Waals surface area contributed by atoms with Crippen LogP contribution < -0.4 is 5.32 Å². The molecule has 0 spiro atoms. The fourth-order valence-corrected chi connectivity index (χ4v) is 2.61. The van der Waals surface area contributed by atoms with E-state index in [0.717, 1.165) is 5.56 Å². The average Bonchev–Trinajstić information content (AvgIpc) is 2.49. The molecule has 1 aliphatic rings. The first-order valence-electron chi connectivity index (χ1n) is 7.47. The fraction of sp³-hybridized carbons (Fsp3) is 0.500. The van der Waals surface area contributed by atoms with E-state index >= 15 is 0 Å². The van der Waals surface area contributed by atoms with E-state index < -0.39 is 0 Å². The van der Waals surface area contributed by atoms with Crippen molar-refractivity contribution in [3.63, 3.8) is 0 Å². The Morgan fingerprint density at radius 1 is 1.32 bits per heavy atom. The van der Waals surface area contributed by atoms with E-state index in [4.69, 9.17) is 11.6 Å². The lowest BCUT2D eigenvalue weighted by Gasteiger charge is -2.29. The highest BCUT2D eigenvalue weighted by molar-refractivity contribution is 6.31. The van der Waals surface area contributed by atoms with Gasteiger partial charge in [0, 0.05) is 36.6 Å². The first-order valence-corrected chi connectivity index (χ1v) is 7.85. The number of likely N-dealkylation sites (tertiary alicyclic amines) is 1. The van der Waals surface area contributed by atoms with Crippen molar-refractivity contribution >= 4 is 29.1 Å². The number of amides is 2. The molecule has 2 amide bonds. The molecule has 0 aliphatic carbocycles. The minimum absolute atomic E-state index is 0.0372. The van der Waals surface area contributed by atoms with Gasteiger partial charge in [-0.15, -0.1) is 0 Å². The van der Waals surface area contributed by atoms with Crippen LogP contribution in [0.4, 0.5) is 5.69 Å². The lowest BCUT2D eigenvalue weighted by Crippen LogP contribution is -2.40. The first kappa shape index (κ1) is 16.8. The van der Waals surface area contributed by atoms with Crippen LogP contribution in [-0.2, 0) is 9.59 Å². The monoisotopic (exact) mass is 324 g/mol. The number of benzene rings is 1. The average molecular weight is 325 g/mol. The van der Waals surface area contributed by atoms with Crippen molar-refractivity contribution in [3.05, 3.63) is 28.8 Å². The molecule has 0 radical (unpaired) electrons. The highest BCUT2D eigenvalue weighted by Gasteiger charge is 2.21. The zero-order valence-electron chi connectivity index (χ0n) is 12.6. The summed E-state index contributed by atoms with van der Waals surface area (Å²) in [5.74, 6) is -0.236. The number of aliphatic hydroxyl groups excluding tert-OH is 1. The highest BCUT2D eigenvalue weighted by atomic mass is 35.5. The Hall–Kier alpha value is -1.59. The van der Waals surface area contributed by atoms with Crippen molar-refractivity contribution in [1.29, 1.82) is 0 Å². The number of carbonyl (C=O) groups is 2. The number of nitrogens with one attached hydrogen (secondary N) is 1. The van der Waals surface area contributed by atoms with Gasteiger partial charge in [0.05, 0.1) is 6.10 Å². The molecule has 0 unspecified atom stereocenters. The molecular formula is C16H21ClN2O3. The van der Waals surface area contributed by atoms with Crippen LogP contribution in [0.1, 0.15) is 31.2 Å². The lowest BCUT2D eigenvalue weighted by molar-refractivity contribution is -0.134. The van der Waals surface area contributed by atoms with E-state index in [1.54, 1.807) is 17.0 Å². The van der Waals surface area contributed by atoms with Crippen LogP contribution in [-0.4, -0.2) is 41.0 Å². The minimum atomic E-state index is -0.307. The first-order chi connectivity index (χ1) is 10.5. The molecule has 0 aromatic heterocycles. The molecule has 1 heterocycles. The van der Waals surface area contributed by atoms with Crippen LogP contribution in [0.3, 0.4) is 0 Å². The van der Waals surface area contributed by atoms with Crippen molar-refractivity contribution in [2.45, 2.75) is 38.7 Å². The summed E-state index contributed by atoms with van der Waals surface area (Å²) in [5, 5.41) is 12.8. The van der Waals surface area contributed by atoms with Gasteiger partial charge in [0.2, 0.25) is 11.8 Å². The third-order valence-electron chi connectivity index (χ3n) is 3.86. The maximum Gasteiger partial charge on any atom is 0.224 e. The number of aliphatic hydroxyl groups is 1. The number of piperidine rings is 1. The summed E-state index contributed by atoms with van der Waals surface area (Å²) in [6.45, 7) is 3.01. The molecule has 0 atom stereocenters. The Kier molecular flexibility index (Phi) is 5.80. The lowest BCUT2D eigenvalue weighted by atomic mass is 10.1. The van der Waals surface area contributed by atoms with Gasteiger partial charge in [-0.2, -0.15) is 0 Å². The zero-order valence-corrected chi connectivity index (χ0v) is 13.4. The second-order valence-corrected chi connectivity index (χ2v) is 6.06. The summed E-state index contributed by atoms with van der Waals surface area (Å²) in [7, 11) is 0. The molecule has 1 aromatic carbocycles. The van der Waals surface area contributed by atoms with E-state index in [0.29, 0.717) is 36.6 Å². The summed E-state index contributed by atoms with van der Waals surface area (Å²) in [6.07, 6.45) is 1.24. The maximum atomic E-state index is 12.0. The molecular weight excluding hydrogens is 304 g/mol. The highest BCUT2D eigenvalue weighted by Crippen LogP contribution is 2.20. The van der Waals surface area contributed by atoms with Crippen molar-refractivity contribution in [3.8, 4) is 0 Å². The molecule has 5 nitrogen and oxygen atoms in total. The molecule has 0 bridgehead atoms. The summed E-state index contributed by atoms with van der Waals surface area (Å²) in [5.41, 5.74) is 1.60. The molecule has 1 saturated heterocycles. The standard InChI is InChI=1S/C16H21ClN2O3/c1-11-2-3-12(17)10-14(11)18-15(21)4-5-16(22)19-8-6-13(20)7-9-19/h2-3,10,13,20H,4-9H2,1H3,(H,18,21). The summed E-state index contributed by atoms with van der Waals surface area (Å²) >= 11 is 5.91. The van der Waals surface area contributed by atoms with Gasteiger partial charge in [-0.1, -0.05) is 17.7 Å². The molecule has 1 aliphatic heterocycles. The second-order valence-electron chi connectivity index (χ2n) is 5.62. The molecule has 1 fully saturated rings. The number of anilines is 1. The number of nitrogens with zero attached hydrogens (tertiary/aromatic N) is 1. The molecule has 2 rings (SSSR count). The van der Waals surface area contributed by atoms with Gasteiger partial charge in [0.1, 0.15) is 0 Å². The van der Waals surface area contributed by atoms with Gasteiger partial charge in [0.15, 0.2) is 0 Å². The molecule has 6 heteroatoms. The third kappa shape index (κ3) is 4.71. The third-order valence-corrected chi connectivity index (χ3v) is 4.09. The fourth-order valence-electron chi connectivity index (χ4n) is 2.44. The van der Waals surface area contributed by atoms with Crippen LogP contribution in [0.25, 0.3) is 0 Å². The number of hydrogen-bond donors (Lipinski definition) is 2. The van der Waals surface area contributed by atoms with Gasteiger partial charge in [-0.05, 0) is 37.5 Å². The SMILES string of the molecule is Cc1ccc(Cl)cc1NC(=O)CCC(=O)N1CCC(O)CC1. The van der Waals surface area contributed by atoms with Gasteiger partial charge < -0.3 is 15.3 Å². The Bertz CT molecular complexity index is 554.